The molecule has 0 aliphatic rings. The molecular formula is C17H23N5O2. The van der Waals surface area contributed by atoms with Gasteiger partial charge in [0.15, 0.2) is 5.82 Å². The predicted octanol–water partition coefficient (Wildman–Crippen LogP) is 1.56. The van der Waals surface area contributed by atoms with Crippen LogP contribution in [0.2, 0.25) is 0 Å². The number of amides is 2. The zero-order valence-corrected chi connectivity index (χ0v) is 14.4. The van der Waals surface area contributed by atoms with Crippen molar-refractivity contribution >= 4 is 11.8 Å². The van der Waals surface area contributed by atoms with Crippen LogP contribution in [0, 0.1) is 12.3 Å². The van der Waals surface area contributed by atoms with Crippen LogP contribution in [0.1, 0.15) is 32.2 Å². The fraction of sp³-hybridized carbons (Fsp3) is 0.412. The summed E-state index contributed by atoms with van der Waals surface area (Å²) in [6, 6.07) is 7.65. The Hall–Kier alpha value is -2.70. The summed E-state index contributed by atoms with van der Waals surface area (Å²) in [5, 5.41) is 12.3. The lowest BCUT2D eigenvalue weighted by Gasteiger charge is -2.17. The quantitative estimate of drug-likeness (QED) is 0.775. The molecule has 24 heavy (non-hydrogen) atoms. The van der Waals surface area contributed by atoms with Crippen molar-refractivity contribution in [2.24, 2.45) is 5.41 Å². The molecule has 0 aliphatic carbocycles. The number of hydrogen-bond acceptors (Lipinski definition) is 4. The number of nitrogens with zero attached hydrogens (tertiary/aromatic N) is 2. The van der Waals surface area contributed by atoms with E-state index in [4.69, 9.17) is 0 Å². The number of aromatic nitrogens is 3. The molecule has 0 aliphatic heterocycles. The normalized spacial score (nSPS) is 11.2. The van der Waals surface area contributed by atoms with Crippen molar-refractivity contribution in [1.29, 1.82) is 0 Å². The molecule has 0 saturated heterocycles. The van der Waals surface area contributed by atoms with Gasteiger partial charge in [-0.2, -0.15) is 5.10 Å². The smallest absolute Gasteiger partial charge is 0.239 e. The number of H-pyrrole nitrogens is 1. The largest absolute Gasteiger partial charge is 0.350 e. The molecule has 128 valence electrons. The Balaban J connectivity index is 1.88. The third-order valence-electron chi connectivity index (χ3n) is 3.36. The Kier molecular flexibility index (Phi) is 5.33. The summed E-state index contributed by atoms with van der Waals surface area (Å²) in [4.78, 5) is 27.9. The SMILES string of the molecule is Cc1nc(-c2cccc(CNC(=O)CNC(=O)C(C)(C)C)c2)n[nH]1. The van der Waals surface area contributed by atoms with E-state index in [1.54, 1.807) is 20.8 Å². The molecule has 7 nitrogen and oxygen atoms in total. The topological polar surface area (TPSA) is 99.8 Å². The summed E-state index contributed by atoms with van der Waals surface area (Å²) >= 11 is 0. The Labute approximate surface area is 141 Å². The Bertz CT molecular complexity index is 731. The average Bonchev–Trinajstić information content (AvgIpc) is 2.96. The minimum Gasteiger partial charge on any atom is -0.350 e. The lowest BCUT2D eigenvalue weighted by molar-refractivity contribution is -0.131. The van der Waals surface area contributed by atoms with Gasteiger partial charge in [0.1, 0.15) is 5.82 Å². The van der Waals surface area contributed by atoms with Crippen LogP contribution < -0.4 is 10.6 Å². The lowest BCUT2D eigenvalue weighted by atomic mass is 9.96. The number of carbonyl (C=O) groups excluding carboxylic acids is 2. The highest BCUT2D eigenvalue weighted by atomic mass is 16.2. The van der Waals surface area contributed by atoms with Crippen molar-refractivity contribution in [2.45, 2.75) is 34.2 Å². The molecule has 0 spiro atoms. The van der Waals surface area contributed by atoms with Gasteiger partial charge in [-0.3, -0.25) is 14.7 Å². The van der Waals surface area contributed by atoms with Crippen molar-refractivity contribution in [1.82, 2.24) is 25.8 Å². The molecule has 2 amide bonds. The van der Waals surface area contributed by atoms with Crippen LogP contribution in [0.4, 0.5) is 0 Å². The first-order valence-electron chi connectivity index (χ1n) is 7.79. The molecule has 2 rings (SSSR count). The predicted molar refractivity (Wildman–Crippen MR) is 90.9 cm³/mol. The van der Waals surface area contributed by atoms with Gasteiger partial charge in [-0.05, 0) is 18.6 Å². The minimum atomic E-state index is -0.511. The van der Waals surface area contributed by atoms with Crippen LogP contribution in [0.25, 0.3) is 11.4 Å². The molecule has 1 aromatic carbocycles. The summed E-state index contributed by atoms with van der Waals surface area (Å²) in [6.45, 7) is 7.59. The van der Waals surface area contributed by atoms with E-state index in [2.05, 4.69) is 25.8 Å². The summed E-state index contributed by atoms with van der Waals surface area (Å²) in [5.41, 5.74) is 1.31. The number of rotatable bonds is 5. The van der Waals surface area contributed by atoms with E-state index in [1.165, 1.54) is 0 Å². The molecule has 1 heterocycles. The van der Waals surface area contributed by atoms with Gasteiger partial charge in [0.05, 0.1) is 6.54 Å². The summed E-state index contributed by atoms with van der Waals surface area (Å²) < 4.78 is 0. The van der Waals surface area contributed by atoms with Gasteiger partial charge in [0.25, 0.3) is 0 Å². The molecule has 0 radical (unpaired) electrons. The maximum atomic E-state index is 11.9. The molecule has 0 fully saturated rings. The Morgan fingerprint density at radius 3 is 2.58 bits per heavy atom. The van der Waals surface area contributed by atoms with Gasteiger partial charge >= 0.3 is 0 Å². The van der Waals surface area contributed by atoms with Crippen LogP contribution in [0.5, 0.6) is 0 Å². The van der Waals surface area contributed by atoms with Gasteiger partial charge in [-0.15, -0.1) is 0 Å². The van der Waals surface area contributed by atoms with Crippen molar-refractivity contribution in [3.05, 3.63) is 35.7 Å². The number of benzene rings is 1. The van der Waals surface area contributed by atoms with Gasteiger partial charge in [-0.1, -0.05) is 39.0 Å². The third kappa shape index (κ3) is 4.91. The Morgan fingerprint density at radius 1 is 1.21 bits per heavy atom. The number of aryl methyl sites for hydroxylation is 1. The Morgan fingerprint density at radius 2 is 1.96 bits per heavy atom. The highest BCUT2D eigenvalue weighted by Crippen LogP contribution is 2.16. The molecule has 0 unspecified atom stereocenters. The van der Waals surface area contributed by atoms with Gasteiger partial charge in [0.2, 0.25) is 11.8 Å². The monoisotopic (exact) mass is 329 g/mol. The third-order valence-corrected chi connectivity index (χ3v) is 3.36. The molecule has 0 atom stereocenters. The number of hydrogen-bond donors (Lipinski definition) is 3. The second-order valence-corrected chi connectivity index (χ2v) is 6.65. The second kappa shape index (κ2) is 7.25. The van der Waals surface area contributed by atoms with Crippen LogP contribution in [-0.4, -0.2) is 33.5 Å². The van der Waals surface area contributed by atoms with Crippen molar-refractivity contribution in [2.75, 3.05) is 6.54 Å². The highest BCUT2D eigenvalue weighted by Gasteiger charge is 2.21. The van der Waals surface area contributed by atoms with E-state index < -0.39 is 5.41 Å². The molecule has 0 saturated carbocycles. The van der Waals surface area contributed by atoms with Crippen molar-refractivity contribution in [3.8, 4) is 11.4 Å². The van der Waals surface area contributed by atoms with Crippen LogP contribution in [0.3, 0.4) is 0 Å². The van der Waals surface area contributed by atoms with Gasteiger partial charge < -0.3 is 10.6 Å². The van der Waals surface area contributed by atoms with Gasteiger partial charge in [0, 0.05) is 17.5 Å². The summed E-state index contributed by atoms with van der Waals surface area (Å²) in [6.07, 6.45) is 0. The van der Waals surface area contributed by atoms with Crippen LogP contribution in [0.15, 0.2) is 24.3 Å². The highest BCUT2D eigenvalue weighted by molar-refractivity contribution is 5.87. The summed E-state index contributed by atoms with van der Waals surface area (Å²) in [5.74, 6) is 0.989. The maximum absolute atomic E-state index is 11.9. The minimum absolute atomic E-state index is 0.0318. The standard InChI is InChI=1S/C17H23N5O2/c1-11-20-15(22-21-11)13-7-5-6-12(8-13)9-18-14(23)10-19-16(24)17(2,3)4/h5-8H,9-10H2,1-4H3,(H,18,23)(H,19,24)(H,20,21,22). The van der Waals surface area contributed by atoms with Crippen LogP contribution in [-0.2, 0) is 16.1 Å². The average molecular weight is 329 g/mol. The van der Waals surface area contributed by atoms with Gasteiger partial charge in [-0.25, -0.2) is 4.98 Å². The zero-order chi connectivity index (χ0) is 17.7. The lowest BCUT2D eigenvalue weighted by Crippen LogP contribution is -2.41. The second-order valence-electron chi connectivity index (χ2n) is 6.65. The van der Waals surface area contributed by atoms with E-state index in [0.717, 1.165) is 17.0 Å². The molecule has 0 bridgehead atoms. The fourth-order valence-corrected chi connectivity index (χ4v) is 1.98. The maximum Gasteiger partial charge on any atom is 0.239 e. The fourth-order valence-electron chi connectivity index (χ4n) is 1.98. The molecule has 7 heteroatoms. The molecular weight excluding hydrogens is 306 g/mol. The van der Waals surface area contributed by atoms with Crippen molar-refractivity contribution in [3.63, 3.8) is 0 Å². The molecule has 2 aromatic rings. The first kappa shape index (κ1) is 17.7. The van der Waals surface area contributed by atoms with Crippen LogP contribution >= 0.6 is 0 Å². The first-order valence-corrected chi connectivity index (χ1v) is 7.79. The summed E-state index contributed by atoms with van der Waals surface area (Å²) in [7, 11) is 0. The van der Waals surface area contributed by atoms with E-state index in [0.29, 0.717) is 12.4 Å². The number of nitrogens with one attached hydrogen (secondary N) is 3. The first-order chi connectivity index (χ1) is 11.3. The molecule has 1 aromatic heterocycles. The van der Waals surface area contributed by atoms with E-state index >= 15 is 0 Å². The van der Waals surface area contributed by atoms with E-state index in [1.807, 2.05) is 31.2 Å². The molecule has 3 N–H and O–H groups in total. The van der Waals surface area contributed by atoms with E-state index in [9.17, 15) is 9.59 Å². The number of carbonyl (C=O) groups is 2. The van der Waals surface area contributed by atoms with Crippen molar-refractivity contribution < 1.29 is 9.59 Å². The van der Waals surface area contributed by atoms with E-state index in [-0.39, 0.29) is 18.4 Å². The zero-order valence-electron chi connectivity index (χ0n) is 14.4. The number of aromatic amines is 1.